The molecule has 2 heterocycles. The van der Waals surface area contributed by atoms with Gasteiger partial charge in [0.25, 0.3) is 0 Å². The minimum Gasteiger partial charge on any atom is -0.424 e. The molecule has 1 fully saturated rings. The Bertz CT molecular complexity index is 681. The molecule has 1 aliphatic rings. The Hall–Kier alpha value is -2.25. The number of hydrogen-bond donors (Lipinski definition) is 1. The molecule has 3 rings (SSSR count). The summed E-state index contributed by atoms with van der Waals surface area (Å²) in [7, 11) is 0. The molecule has 0 spiro atoms. The highest BCUT2D eigenvalue weighted by Crippen LogP contribution is 2.18. The Balaban J connectivity index is 1.28. The Morgan fingerprint density at radius 1 is 1.27 bits per heavy atom. The second-order valence-corrected chi connectivity index (χ2v) is 6.72. The van der Waals surface area contributed by atoms with E-state index in [4.69, 9.17) is 9.15 Å². The normalized spacial score (nSPS) is 15.9. The van der Waals surface area contributed by atoms with Gasteiger partial charge in [0.15, 0.2) is 0 Å². The third-order valence-electron chi connectivity index (χ3n) is 4.57. The van der Waals surface area contributed by atoms with E-state index in [9.17, 15) is 4.79 Å². The van der Waals surface area contributed by atoms with Crippen molar-refractivity contribution in [1.82, 2.24) is 20.4 Å². The molecule has 1 aromatic carbocycles. The first-order valence-electron chi connectivity index (χ1n) is 9.09. The van der Waals surface area contributed by atoms with Gasteiger partial charge in [-0.05, 0) is 37.4 Å². The van der Waals surface area contributed by atoms with E-state index >= 15 is 0 Å². The number of ether oxygens (including phenoxy) is 1. The molecule has 0 saturated carbocycles. The monoisotopic (exact) mass is 358 g/mol. The van der Waals surface area contributed by atoms with Crippen LogP contribution in [0.4, 0.5) is 0 Å². The van der Waals surface area contributed by atoms with Crippen molar-refractivity contribution in [2.45, 2.75) is 32.9 Å². The molecule has 1 aromatic heterocycles. The molecule has 7 nitrogen and oxygen atoms in total. The van der Waals surface area contributed by atoms with E-state index in [0.717, 1.165) is 31.5 Å². The SMILES string of the molecule is Cc1nnc(CN2CCC(CNC(=O)COCc3ccccc3)CC2)o1. The Labute approximate surface area is 153 Å². The van der Waals surface area contributed by atoms with Crippen LogP contribution in [-0.4, -0.2) is 47.2 Å². The van der Waals surface area contributed by atoms with Crippen LogP contribution in [0.2, 0.25) is 0 Å². The highest BCUT2D eigenvalue weighted by atomic mass is 16.5. The fourth-order valence-electron chi connectivity index (χ4n) is 3.09. The minimum atomic E-state index is -0.0512. The average Bonchev–Trinajstić information content (AvgIpc) is 3.07. The zero-order valence-electron chi connectivity index (χ0n) is 15.2. The predicted octanol–water partition coefficient (Wildman–Crippen LogP) is 1.92. The van der Waals surface area contributed by atoms with Crippen molar-refractivity contribution < 1.29 is 13.9 Å². The average molecular weight is 358 g/mol. The van der Waals surface area contributed by atoms with E-state index in [-0.39, 0.29) is 12.5 Å². The summed E-state index contributed by atoms with van der Waals surface area (Å²) >= 11 is 0. The number of benzene rings is 1. The van der Waals surface area contributed by atoms with Crippen LogP contribution in [0.5, 0.6) is 0 Å². The molecular weight excluding hydrogens is 332 g/mol. The molecule has 0 radical (unpaired) electrons. The number of aromatic nitrogens is 2. The predicted molar refractivity (Wildman–Crippen MR) is 96.1 cm³/mol. The second-order valence-electron chi connectivity index (χ2n) is 6.72. The summed E-state index contributed by atoms with van der Waals surface area (Å²) in [5.74, 6) is 1.73. The van der Waals surface area contributed by atoms with E-state index in [2.05, 4.69) is 20.4 Å². The Morgan fingerprint density at radius 2 is 2.04 bits per heavy atom. The number of hydrogen-bond acceptors (Lipinski definition) is 6. The van der Waals surface area contributed by atoms with E-state index in [1.807, 2.05) is 30.3 Å². The van der Waals surface area contributed by atoms with E-state index in [1.54, 1.807) is 6.92 Å². The summed E-state index contributed by atoms with van der Waals surface area (Å²) in [5.41, 5.74) is 1.07. The van der Waals surface area contributed by atoms with E-state index < -0.39 is 0 Å². The van der Waals surface area contributed by atoms with Crippen LogP contribution >= 0.6 is 0 Å². The highest BCUT2D eigenvalue weighted by molar-refractivity contribution is 5.77. The van der Waals surface area contributed by atoms with Crippen molar-refractivity contribution in [3.8, 4) is 0 Å². The summed E-state index contributed by atoms with van der Waals surface area (Å²) in [5, 5.41) is 10.9. The van der Waals surface area contributed by atoms with Gasteiger partial charge in [-0.2, -0.15) is 0 Å². The van der Waals surface area contributed by atoms with Crippen molar-refractivity contribution in [1.29, 1.82) is 0 Å². The maximum absolute atomic E-state index is 11.9. The molecule has 1 saturated heterocycles. The molecule has 140 valence electrons. The molecule has 1 amide bonds. The van der Waals surface area contributed by atoms with Crippen LogP contribution in [0, 0.1) is 12.8 Å². The second kappa shape index (κ2) is 9.45. The van der Waals surface area contributed by atoms with Crippen molar-refractivity contribution >= 4 is 5.91 Å². The summed E-state index contributed by atoms with van der Waals surface area (Å²) in [6.07, 6.45) is 2.11. The number of carbonyl (C=O) groups is 1. The van der Waals surface area contributed by atoms with Crippen LogP contribution in [0.3, 0.4) is 0 Å². The lowest BCUT2D eigenvalue weighted by atomic mass is 9.97. The van der Waals surface area contributed by atoms with Gasteiger partial charge in [0, 0.05) is 13.5 Å². The van der Waals surface area contributed by atoms with Crippen molar-refractivity contribution in [2.24, 2.45) is 5.92 Å². The maximum Gasteiger partial charge on any atom is 0.246 e. The fourth-order valence-corrected chi connectivity index (χ4v) is 3.09. The smallest absolute Gasteiger partial charge is 0.246 e. The van der Waals surface area contributed by atoms with Crippen molar-refractivity contribution in [3.63, 3.8) is 0 Å². The van der Waals surface area contributed by atoms with Crippen LogP contribution in [0.1, 0.15) is 30.2 Å². The standard InChI is InChI=1S/C19H26N4O3/c1-15-21-22-19(26-15)12-23-9-7-16(8-10-23)11-20-18(24)14-25-13-17-5-3-2-4-6-17/h2-6,16H,7-14H2,1H3,(H,20,24). The van der Waals surface area contributed by atoms with Crippen LogP contribution in [0.25, 0.3) is 0 Å². The Morgan fingerprint density at radius 3 is 2.73 bits per heavy atom. The summed E-state index contributed by atoms with van der Waals surface area (Å²) in [4.78, 5) is 14.2. The summed E-state index contributed by atoms with van der Waals surface area (Å²) in [6.45, 7) is 5.73. The van der Waals surface area contributed by atoms with Gasteiger partial charge < -0.3 is 14.5 Å². The van der Waals surface area contributed by atoms with Crippen LogP contribution in [-0.2, 0) is 22.7 Å². The first kappa shape index (κ1) is 18.5. The number of nitrogens with zero attached hydrogens (tertiary/aromatic N) is 3. The van der Waals surface area contributed by atoms with Gasteiger partial charge >= 0.3 is 0 Å². The molecular formula is C19H26N4O3. The topological polar surface area (TPSA) is 80.5 Å². The minimum absolute atomic E-state index is 0.0512. The molecule has 0 aliphatic carbocycles. The quantitative estimate of drug-likeness (QED) is 0.777. The van der Waals surface area contributed by atoms with Gasteiger partial charge in [0.2, 0.25) is 17.7 Å². The van der Waals surface area contributed by atoms with Gasteiger partial charge in [-0.1, -0.05) is 30.3 Å². The fraction of sp³-hybridized carbons (Fsp3) is 0.526. The van der Waals surface area contributed by atoms with Gasteiger partial charge in [0.1, 0.15) is 6.61 Å². The van der Waals surface area contributed by atoms with E-state index in [0.29, 0.717) is 37.4 Å². The van der Waals surface area contributed by atoms with Crippen molar-refractivity contribution in [2.75, 3.05) is 26.2 Å². The number of amides is 1. The van der Waals surface area contributed by atoms with Crippen LogP contribution in [0.15, 0.2) is 34.7 Å². The summed E-state index contributed by atoms with van der Waals surface area (Å²) < 4.78 is 10.9. The first-order valence-corrected chi connectivity index (χ1v) is 9.09. The first-order chi connectivity index (χ1) is 12.7. The van der Waals surface area contributed by atoms with Gasteiger partial charge in [0.05, 0.1) is 13.2 Å². The highest BCUT2D eigenvalue weighted by Gasteiger charge is 2.21. The summed E-state index contributed by atoms with van der Waals surface area (Å²) in [6, 6.07) is 9.86. The molecule has 0 atom stereocenters. The zero-order chi connectivity index (χ0) is 18.2. The molecule has 26 heavy (non-hydrogen) atoms. The lowest BCUT2D eigenvalue weighted by molar-refractivity contribution is -0.126. The largest absolute Gasteiger partial charge is 0.424 e. The molecule has 7 heteroatoms. The molecule has 2 aromatic rings. The Kier molecular flexibility index (Phi) is 6.74. The number of aryl methyl sites for hydroxylation is 1. The lowest BCUT2D eigenvalue weighted by Gasteiger charge is -2.31. The molecule has 1 N–H and O–H groups in total. The van der Waals surface area contributed by atoms with Crippen molar-refractivity contribution in [3.05, 3.63) is 47.7 Å². The maximum atomic E-state index is 11.9. The van der Waals surface area contributed by atoms with E-state index in [1.165, 1.54) is 0 Å². The van der Waals surface area contributed by atoms with Gasteiger partial charge in [-0.3, -0.25) is 9.69 Å². The number of carbonyl (C=O) groups excluding carboxylic acids is 1. The van der Waals surface area contributed by atoms with Gasteiger partial charge in [-0.15, -0.1) is 10.2 Å². The zero-order valence-corrected chi connectivity index (χ0v) is 15.2. The molecule has 1 aliphatic heterocycles. The lowest BCUT2D eigenvalue weighted by Crippen LogP contribution is -2.39. The van der Waals surface area contributed by atoms with Crippen LogP contribution < -0.4 is 5.32 Å². The third-order valence-corrected chi connectivity index (χ3v) is 4.57. The number of nitrogens with one attached hydrogen (secondary N) is 1. The third kappa shape index (κ3) is 5.93. The van der Waals surface area contributed by atoms with Gasteiger partial charge in [-0.25, -0.2) is 0 Å². The molecule has 0 unspecified atom stereocenters. The number of piperidine rings is 1. The number of likely N-dealkylation sites (tertiary alicyclic amines) is 1. The molecule has 0 bridgehead atoms. The number of rotatable bonds is 8.